The molecule has 1 unspecified atom stereocenters. The third-order valence-electron chi connectivity index (χ3n) is 0.180. The first-order valence-electron chi connectivity index (χ1n) is 1.03. The minimum Gasteiger partial charge on any atom is -1.00 e. The molecule has 0 spiro atoms. The Labute approximate surface area is 84.9 Å². The van der Waals surface area contributed by atoms with E-state index in [0.717, 1.165) is 0 Å². The molecule has 0 saturated heterocycles. The van der Waals surface area contributed by atoms with Crippen molar-refractivity contribution in [3.05, 3.63) is 0 Å². The van der Waals surface area contributed by atoms with E-state index in [1.54, 1.807) is 0 Å². The fourth-order valence-corrected chi connectivity index (χ4v) is 0. The van der Waals surface area contributed by atoms with Crippen molar-refractivity contribution in [3.8, 4) is 0 Å². The first kappa shape index (κ1) is 16.8. The first-order valence-corrected chi connectivity index (χ1v) is 4.10. The first-order chi connectivity index (χ1) is 2.94. The molecule has 0 bridgehead atoms. The molecule has 9 heavy (non-hydrogen) atoms. The van der Waals surface area contributed by atoms with Crippen LogP contribution in [0.2, 0.25) is 0 Å². The summed E-state index contributed by atoms with van der Waals surface area (Å²) in [5.74, 6) is 0. The molecule has 0 rings (SSSR count). The molecule has 0 aromatic heterocycles. The summed E-state index contributed by atoms with van der Waals surface area (Å²) in [7, 11) is -7.87. The van der Waals surface area contributed by atoms with Crippen molar-refractivity contribution in [3.63, 3.8) is 0 Å². The van der Waals surface area contributed by atoms with E-state index in [1.165, 1.54) is 0 Å². The predicted molar refractivity (Wildman–Crippen MR) is 33.8 cm³/mol. The van der Waals surface area contributed by atoms with Crippen molar-refractivity contribution < 1.29 is 52.7 Å². The number of rotatable bonds is 1. The molecule has 2 N–H and O–H groups in total. The second-order valence-corrected chi connectivity index (χ2v) is 4.05. The van der Waals surface area contributed by atoms with Gasteiger partial charge in [0, 0.05) is 0 Å². The zero-order valence-corrected chi connectivity index (χ0v) is 9.07. The van der Waals surface area contributed by atoms with Gasteiger partial charge in [-0.3, -0.25) is 9.11 Å². The van der Waals surface area contributed by atoms with Crippen LogP contribution in [0.5, 0.6) is 0 Å². The quantitative estimate of drug-likeness (QED) is 0.198. The van der Waals surface area contributed by atoms with Gasteiger partial charge in [0.05, 0.1) is 0 Å². The molecule has 0 heterocycles. The second kappa shape index (κ2) is 6.10. The van der Waals surface area contributed by atoms with Crippen molar-refractivity contribution in [1.29, 1.82) is 0 Å². The minimum atomic E-state index is -4.71. The molecule has 54 valence electrons. The van der Waals surface area contributed by atoms with E-state index in [2.05, 4.69) is 0 Å². The summed E-state index contributed by atoms with van der Waals surface area (Å²) >= 11 is 0. The van der Waals surface area contributed by atoms with E-state index >= 15 is 0 Å². The molecule has 1 atom stereocenters. The molecule has 0 fully saturated rings. The van der Waals surface area contributed by atoms with Crippen LogP contribution in [0.25, 0.3) is 0 Å². The summed E-state index contributed by atoms with van der Waals surface area (Å²) in [4.78, 5) is 0. The van der Waals surface area contributed by atoms with Crippen LogP contribution in [0, 0.1) is 0 Å². The van der Waals surface area contributed by atoms with Crippen LogP contribution in [0.1, 0.15) is 1.43 Å². The zero-order valence-electron chi connectivity index (χ0n) is 5.44. The van der Waals surface area contributed by atoms with Crippen molar-refractivity contribution >= 4 is 32.8 Å². The van der Waals surface area contributed by atoms with Crippen LogP contribution in [-0.4, -0.2) is 21.7 Å². The van der Waals surface area contributed by atoms with Crippen LogP contribution in [0.3, 0.4) is 0 Å². The Kier molecular flexibility index (Phi) is 11.4. The summed E-state index contributed by atoms with van der Waals surface area (Å²) in [5, 5.41) is 0. The zero-order chi connectivity index (χ0) is 6.08. The van der Waals surface area contributed by atoms with Crippen LogP contribution in [0.15, 0.2) is 0 Å². The summed E-state index contributed by atoms with van der Waals surface area (Å²) in [6.45, 7) is 0. The van der Waals surface area contributed by atoms with Gasteiger partial charge < -0.3 is 1.43 Å². The second-order valence-electron chi connectivity index (χ2n) is 0.645. The Bertz CT molecular complexity index is 171. The fourth-order valence-electron chi connectivity index (χ4n) is 0. The van der Waals surface area contributed by atoms with Gasteiger partial charge in [-0.15, -0.1) is 0 Å². The van der Waals surface area contributed by atoms with Gasteiger partial charge >= 0.3 is 48.8 Å². The Hall–Kier alpha value is 1.37. The summed E-state index contributed by atoms with van der Waals surface area (Å²) in [6.07, 6.45) is 0. The molecule has 9 heteroatoms. The molecule has 0 aromatic rings. The summed E-state index contributed by atoms with van der Waals surface area (Å²) in [5.41, 5.74) is 0. The van der Waals surface area contributed by atoms with Gasteiger partial charge in [0.1, 0.15) is 0 Å². The summed E-state index contributed by atoms with van der Waals surface area (Å²) in [6, 6.07) is 0. The van der Waals surface area contributed by atoms with Gasteiger partial charge in [0.15, 0.2) is 0 Å². The maximum atomic E-state index is 9.34. The van der Waals surface area contributed by atoms with Crippen LogP contribution >= 0.6 is 13.5 Å². The van der Waals surface area contributed by atoms with Crippen molar-refractivity contribution in [1.82, 2.24) is 0 Å². The molecule has 0 aromatic carbocycles. The third kappa shape index (κ3) is 9.37. The molecule has 0 aliphatic rings. The monoisotopic (exact) mass is 204 g/mol. The van der Waals surface area contributed by atoms with Crippen LogP contribution in [-0.2, 0) is 19.3 Å². The minimum absolute atomic E-state index is 0. The third-order valence-corrected chi connectivity index (χ3v) is 1.62. The smallest absolute Gasteiger partial charge is 1.00 e. The van der Waals surface area contributed by atoms with Gasteiger partial charge in [-0.25, -0.2) is 4.21 Å². The Morgan fingerprint density at radius 3 is 1.56 bits per heavy atom. The topological polar surface area (TPSA) is 91.7 Å². The summed E-state index contributed by atoms with van der Waals surface area (Å²) < 4.78 is 43.0. The van der Waals surface area contributed by atoms with Crippen LogP contribution < -0.4 is 29.6 Å². The number of hydrogen-bond acceptors (Lipinski definition) is 3. The van der Waals surface area contributed by atoms with Gasteiger partial charge in [-0.05, 0) is 0 Å². The molecular formula is H5NaO5S3. The standard InChI is InChI=1S/Na.H2O5S2.H2S.H/c;1-6(2)7(3,4)5;;/h;(H,1,2)(H,3,4,5);1H2;/q+1;;;-1. The largest absolute Gasteiger partial charge is 1.00 e. The molecule has 0 saturated carbocycles. The van der Waals surface area contributed by atoms with Gasteiger partial charge in [-0.2, -0.15) is 21.9 Å². The molecular weight excluding hydrogens is 199 g/mol. The van der Waals surface area contributed by atoms with Crippen LogP contribution in [0.4, 0.5) is 0 Å². The molecule has 0 aliphatic heterocycles. The fraction of sp³-hybridized carbons (Fsp3) is 0. The average Bonchev–Trinajstić information content (AvgIpc) is 1.31. The van der Waals surface area contributed by atoms with E-state index < -0.39 is 19.3 Å². The normalized spacial score (nSPS) is 12.7. The van der Waals surface area contributed by atoms with E-state index in [4.69, 9.17) is 9.11 Å². The Morgan fingerprint density at radius 2 is 1.56 bits per heavy atom. The Balaban J connectivity index is -0.0000000600. The SMILES string of the molecule is O=S(O)S(=O)(=O)O.S.[H-].[Na+]. The molecule has 5 nitrogen and oxygen atoms in total. The molecule has 0 radical (unpaired) electrons. The number of hydrogen-bond donors (Lipinski definition) is 2. The maximum Gasteiger partial charge on any atom is 1.00 e. The van der Waals surface area contributed by atoms with E-state index in [-0.39, 0.29) is 44.5 Å². The van der Waals surface area contributed by atoms with Crippen molar-refractivity contribution in [2.75, 3.05) is 0 Å². The van der Waals surface area contributed by atoms with E-state index in [0.29, 0.717) is 0 Å². The molecule has 0 aliphatic carbocycles. The van der Waals surface area contributed by atoms with E-state index in [9.17, 15) is 12.6 Å². The molecule has 0 amide bonds. The Morgan fingerprint density at radius 1 is 1.44 bits per heavy atom. The van der Waals surface area contributed by atoms with E-state index in [1.807, 2.05) is 0 Å². The predicted octanol–water partition coefficient (Wildman–Crippen LogP) is -3.76. The van der Waals surface area contributed by atoms with Crippen molar-refractivity contribution in [2.24, 2.45) is 0 Å². The van der Waals surface area contributed by atoms with Crippen molar-refractivity contribution in [2.45, 2.75) is 0 Å². The average molecular weight is 204 g/mol. The van der Waals surface area contributed by atoms with Gasteiger partial charge in [0.25, 0.3) is 0 Å². The maximum absolute atomic E-state index is 9.34. The van der Waals surface area contributed by atoms with Gasteiger partial charge in [-0.1, -0.05) is 0 Å². The van der Waals surface area contributed by atoms with Gasteiger partial charge in [0.2, 0.25) is 0 Å².